The van der Waals surface area contributed by atoms with Crippen LogP contribution in [0.1, 0.15) is 78.1 Å². The Bertz CT molecular complexity index is 556. The molecule has 1 aliphatic rings. The molecule has 0 saturated heterocycles. The smallest absolute Gasteiger partial charge is 0.305 e. The lowest BCUT2D eigenvalue weighted by atomic mass is 9.87. The molecule has 0 radical (unpaired) electrons. The van der Waals surface area contributed by atoms with Crippen molar-refractivity contribution in [1.82, 2.24) is 0 Å². The minimum Gasteiger partial charge on any atom is -0.469 e. The third-order valence-electron chi connectivity index (χ3n) is 5.75. The number of methoxy groups -OCH3 is 1. The first-order valence-electron chi connectivity index (χ1n) is 10.9. The number of ether oxygens (including phenoxy) is 1. The Labute approximate surface area is 174 Å². The highest BCUT2D eigenvalue weighted by Gasteiger charge is 2.40. The lowest BCUT2D eigenvalue weighted by Crippen LogP contribution is -2.23. The number of carbonyl (C=O) groups excluding carboxylic acids is 3. The van der Waals surface area contributed by atoms with Gasteiger partial charge in [-0.05, 0) is 25.2 Å². The Morgan fingerprint density at radius 3 is 2.59 bits per heavy atom. The SMILES string of the molecule is CCCC[C@H](C)C[C@H](O)/C=C/[C@H]1C(=O)C[C@H](O)[C@@H]1CC(=O)CCCCC(=O)OC. The van der Waals surface area contributed by atoms with Gasteiger partial charge in [0.1, 0.15) is 11.6 Å². The first-order chi connectivity index (χ1) is 13.8. The fraction of sp³-hybridized carbons (Fsp3) is 0.783. The van der Waals surface area contributed by atoms with Crippen LogP contribution in [0.2, 0.25) is 0 Å². The van der Waals surface area contributed by atoms with E-state index in [0.717, 1.165) is 19.3 Å². The molecule has 1 rings (SSSR count). The highest BCUT2D eigenvalue weighted by atomic mass is 16.5. The molecule has 0 aromatic rings. The van der Waals surface area contributed by atoms with Gasteiger partial charge in [0.05, 0.1) is 19.3 Å². The average Bonchev–Trinajstić information content (AvgIpc) is 2.94. The zero-order valence-electron chi connectivity index (χ0n) is 18.1. The highest BCUT2D eigenvalue weighted by Crippen LogP contribution is 2.34. The van der Waals surface area contributed by atoms with Crippen LogP contribution < -0.4 is 0 Å². The molecular weight excluding hydrogens is 372 g/mol. The van der Waals surface area contributed by atoms with E-state index in [2.05, 4.69) is 18.6 Å². The van der Waals surface area contributed by atoms with Crippen LogP contribution in [0, 0.1) is 17.8 Å². The van der Waals surface area contributed by atoms with Crippen molar-refractivity contribution in [3.63, 3.8) is 0 Å². The molecule has 0 aromatic heterocycles. The highest BCUT2D eigenvalue weighted by molar-refractivity contribution is 5.88. The van der Waals surface area contributed by atoms with Gasteiger partial charge >= 0.3 is 5.97 Å². The largest absolute Gasteiger partial charge is 0.469 e. The molecule has 6 heteroatoms. The summed E-state index contributed by atoms with van der Waals surface area (Å²) in [7, 11) is 1.34. The Morgan fingerprint density at radius 1 is 1.24 bits per heavy atom. The summed E-state index contributed by atoms with van der Waals surface area (Å²) in [6.07, 6.45) is 7.83. The van der Waals surface area contributed by atoms with E-state index in [9.17, 15) is 24.6 Å². The molecule has 0 aliphatic heterocycles. The van der Waals surface area contributed by atoms with Crippen LogP contribution in [0.5, 0.6) is 0 Å². The standard InChI is InChI=1S/C23H38O6/c1-4-5-8-16(2)13-18(25)11-12-19-20(22(27)15-21(19)26)14-17(24)9-6-7-10-23(28)29-3/h11-12,16,18-20,22,25,27H,4-10,13-15H2,1-3H3/b12-11+/t16-,18+,19+,20+,22-/m0/s1. The predicted octanol–water partition coefficient (Wildman–Crippen LogP) is 3.38. The fourth-order valence-corrected chi connectivity index (χ4v) is 3.95. The molecule has 1 aliphatic carbocycles. The van der Waals surface area contributed by atoms with Crippen molar-refractivity contribution in [3.8, 4) is 0 Å². The number of esters is 1. The lowest BCUT2D eigenvalue weighted by molar-refractivity contribution is -0.140. The van der Waals surface area contributed by atoms with Gasteiger partial charge in [0, 0.05) is 37.5 Å². The molecule has 5 atom stereocenters. The van der Waals surface area contributed by atoms with Crippen molar-refractivity contribution >= 4 is 17.5 Å². The normalized spacial score (nSPS) is 24.0. The van der Waals surface area contributed by atoms with Crippen LogP contribution in [0.4, 0.5) is 0 Å². The minimum atomic E-state index is -0.822. The first kappa shape index (κ1) is 25.5. The number of aliphatic hydroxyl groups excluding tert-OH is 2. The molecule has 0 aromatic carbocycles. The molecule has 2 N–H and O–H groups in total. The van der Waals surface area contributed by atoms with E-state index in [1.165, 1.54) is 7.11 Å². The van der Waals surface area contributed by atoms with Gasteiger partial charge in [0.2, 0.25) is 0 Å². The van der Waals surface area contributed by atoms with Gasteiger partial charge in [-0.2, -0.15) is 0 Å². The topological polar surface area (TPSA) is 101 Å². The van der Waals surface area contributed by atoms with Gasteiger partial charge in [-0.25, -0.2) is 0 Å². The average molecular weight is 411 g/mol. The monoisotopic (exact) mass is 410 g/mol. The summed E-state index contributed by atoms with van der Waals surface area (Å²) in [6.45, 7) is 4.25. The van der Waals surface area contributed by atoms with Gasteiger partial charge in [-0.3, -0.25) is 14.4 Å². The number of aliphatic hydroxyl groups is 2. The molecule has 29 heavy (non-hydrogen) atoms. The van der Waals surface area contributed by atoms with Crippen LogP contribution >= 0.6 is 0 Å². The van der Waals surface area contributed by atoms with Crippen molar-refractivity contribution in [2.75, 3.05) is 7.11 Å². The van der Waals surface area contributed by atoms with E-state index in [1.807, 2.05) is 0 Å². The molecule has 0 bridgehead atoms. The molecule has 0 spiro atoms. The van der Waals surface area contributed by atoms with Crippen molar-refractivity contribution < 1.29 is 29.3 Å². The molecule has 6 nitrogen and oxygen atoms in total. The maximum Gasteiger partial charge on any atom is 0.305 e. The summed E-state index contributed by atoms with van der Waals surface area (Å²) in [5, 5.41) is 20.5. The summed E-state index contributed by atoms with van der Waals surface area (Å²) in [5.41, 5.74) is 0. The van der Waals surface area contributed by atoms with Crippen molar-refractivity contribution in [3.05, 3.63) is 12.2 Å². The number of hydrogen-bond acceptors (Lipinski definition) is 6. The summed E-state index contributed by atoms with van der Waals surface area (Å²) in [4.78, 5) is 35.6. The maximum atomic E-state index is 12.3. The third kappa shape index (κ3) is 9.68. The van der Waals surface area contributed by atoms with Gasteiger partial charge in [-0.15, -0.1) is 0 Å². The predicted molar refractivity (Wildman–Crippen MR) is 111 cm³/mol. The van der Waals surface area contributed by atoms with Gasteiger partial charge in [0.25, 0.3) is 0 Å². The van der Waals surface area contributed by atoms with Gasteiger partial charge in [-0.1, -0.05) is 45.3 Å². The maximum absolute atomic E-state index is 12.3. The summed E-state index contributed by atoms with van der Waals surface area (Å²) < 4.78 is 4.57. The number of unbranched alkanes of at least 4 members (excludes halogenated alkanes) is 2. The second-order valence-electron chi connectivity index (χ2n) is 8.39. The lowest BCUT2D eigenvalue weighted by Gasteiger charge is -2.19. The Balaban J connectivity index is 2.52. The molecule has 166 valence electrons. The molecule has 0 unspecified atom stereocenters. The zero-order chi connectivity index (χ0) is 21.8. The number of ketones is 2. The van der Waals surface area contributed by atoms with E-state index in [0.29, 0.717) is 31.6 Å². The quantitative estimate of drug-likeness (QED) is 0.259. The molecule has 1 fully saturated rings. The van der Waals surface area contributed by atoms with Gasteiger partial charge < -0.3 is 14.9 Å². The van der Waals surface area contributed by atoms with E-state index < -0.39 is 24.0 Å². The van der Waals surface area contributed by atoms with Crippen molar-refractivity contribution in [1.29, 1.82) is 0 Å². The van der Waals surface area contributed by atoms with E-state index >= 15 is 0 Å². The van der Waals surface area contributed by atoms with Crippen LogP contribution in [-0.4, -0.2) is 47.1 Å². The van der Waals surface area contributed by atoms with Crippen LogP contribution in [-0.2, 0) is 19.1 Å². The Hall–Kier alpha value is -1.53. The Morgan fingerprint density at radius 2 is 1.93 bits per heavy atom. The third-order valence-corrected chi connectivity index (χ3v) is 5.75. The molecule has 0 amide bonds. The summed E-state index contributed by atoms with van der Waals surface area (Å²) in [5.74, 6) is -0.936. The second kappa shape index (κ2) is 13.6. The zero-order valence-corrected chi connectivity index (χ0v) is 18.1. The van der Waals surface area contributed by atoms with E-state index in [4.69, 9.17) is 0 Å². The van der Waals surface area contributed by atoms with Crippen LogP contribution in [0.15, 0.2) is 12.2 Å². The summed E-state index contributed by atoms with van der Waals surface area (Å²) in [6, 6.07) is 0. The summed E-state index contributed by atoms with van der Waals surface area (Å²) >= 11 is 0. The number of rotatable bonds is 14. The number of Topliss-reactive ketones (excluding diaryl/α,β-unsaturated/α-hetero) is 2. The van der Waals surface area contributed by atoms with Crippen LogP contribution in [0.3, 0.4) is 0 Å². The molecule has 1 saturated carbocycles. The fourth-order valence-electron chi connectivity index (χ4n) is 3.95. The number of hydrogen-bond donors (Lipinski definition) is 2. The van der Waals surface area contributed by atoms with E-state index in [-0.39, 0.29) is 36.8 Å². The van der Waals surface area contributed by atoms with Crippen LogP contribution in [0.25, 0.3) is 0 Å². The number of allylic oxidation sites excluding steroid dienone is 1. The van der Waals surface area contributed by atoms with E-state index in [1.54, 1.807) is 12.2 Å². The van der Waals surface area contributed by atoms with Crippen molar-refractivity contribution in [2.24, 2.45) is 17.8 Å². The molecule has 0 heterocycles. The second-order valence-corrected chi connectivity index (χ2v) is 8.39. The Kier molecular flexibility index (Phi) is 12.0. The van der Waals surface area contributed by atoms with Gasteiger partial charge in [0.15, 0.2) is 0 Å². The van der Waals surface area contributed by atoms with Crippen molar-refractivity contribution in [2.45, 2.75) is 90.3 Å². The number of carbonyl (C=O) groups is 3. The molecular formula is C23H38O6. The minimum absolute atomic E-state index is 0.0132. The first-order valence-corrected chi connectivity index (χ1v) is 10.9.